The fraction of sp³-hybridized carbons (Fsp3) is 0.733. The van der Waals surface area contributed by atoms with Crippen LogP contribution in [0.25, 0.3) is 0 Å². The summed E-state index contributed by atoms with van der Waals surface area (Å²) < 4.78 is 1.72. The molecule has 20 heavy (non-hydrogen) atoms. The third-order valence-corrected chi connectivity index (χ3v) is 4.25. The minimum Gasteiger partial charge on any atom is -0.361 e. The lowest BCUT2D eigenvalue weighted by atomic mass is 10.1. The highest BCUT2D eigenvalue weighted by molar-refractivity contribution is 6.21. The van der Waals surface area contributed by atoms with Crippen molar-refractivity contribution in [3.8, 4) is 0 Å². The van der Waals surface area contributed by atoms with Gasteiger partial charge in [0.1, 0.15) is 0 Å². The Bertz CT molecular complexity index is 486. The smallest absolute Gasteiger partial charge is 0.293 e. The molecule has 1 aliphatic carbocycles. The van der Waals surface area contributed by atoms with Crippen molar-refractivity contribution in [2.45, 2.75) is 63.9 Å². The number of alkyl halides is 1. The van der Waals surface area contributed by atoms with Gasteiger partial charge in [0, 0.05) is 25.0 Å². The summed E-state index contributed by atoms with van der Waals surface area (Å²) in [6.45, 7) is 4.91. The Kier molecular flexibility index (Phi) is 5.46. The molecule has 1 aromatic heterocycles. The summed E-state index contributed by atoms with van der Waals surface area (Å²) >= 11 is 6.41. The van der Waals surface area contributed by atoms with Crippen LogP contribution in [-0.2, 0) is 6.54 Å². The Balaban J connectivity index is 2.14. The molecule has 112 valence electrons. The summed E-state index contributed by atoms with van der Waals surface area (Å²) in [4.78, 5) is 16.6. The lowest BCUT2D eigenvalue weighted by Gasteiger charge is -2.21. The standard InChI is InChI=1S/C15H24ClN3O/c1-11(2)10-19-9-8-17-14(15(19)20)18-13-7-5-3-4-6-12(13)16/h8-9,11-13H,3-7,10H2,1-2H3,(H,17,18). The third-order valence-electron chi connectivity index (χ3n) is 3.73. The van der Waals surface area contributed by atoms with E-state index in [1.807, 2.05) is 0 Å². The van der Waals surface area contributed by atoms with Gasteiger partial charge in [0.05, 0.1) is 5.38 Å². The number of aromatic nitrogens is 2. The Morgan fingerprint density at radius 3 is 2.90 bits per heavy atom. The summed E-state index contributed by atoms with van der Waals surface area (Å²) in [7, 11) is 0. The summed E-state index contributed by atoms with van der Waals surface area (Å²) in [5.74, 6) is 0.868. The summed E-state index contributed by atoms with van der Waals surface area (Å²) in [6.07, 6.45) is 9.01. The van der Waals surface area contributed by atoms with Crippen molar-refractivity contribution in [2.24, 2.45) is 5.92 Å². The van der Waals surface area contributed by atoms with Crippen molar-refractivity contribution in [3.63, 3.8) is 0 Å². The van der Waals surface area contributed by atoms with E-state index in [9.17, 15) is 4.79 Å². The SMILES string of the molecule is CC(C)Cn1ccnc(NC2CCCCCC2Cl)c1=O. The maximum atomic E-state index is 12.4. The topological polar surface area (TPSA) is 46.9 Å². The Labute approximate surface area is 125 Å². The Hall–Kier alpha value is -1.03. The Morgan fingerprint density at radius 1 is 1.40 bits per heavy atom. The summed E-state index contributed by atoms with van der Waals surface area (Å²) in [5.41, 5.74) is -0.0469. The van der Waals surface area contributed by atoms with Crippen LogP contribution in [0, 0.1) is 5.92 Å². The molecule has 2 rings (SSSR count). The van der Waals surface area contributed by atoms with E-state index in [0.717, 1.165) is 19.3 Å². The first-order chi connectivity index (χ1) is 9.58. The highest BCUT2D eigenvalue weighted by atomic mass is 35.5. The first-order valence-electron chi connectivity index (χ1n) is 7.54. The maximum absolute atomic E-state index is 12.4. The van der Waals surface area contributed by atoms with Gasteiger partial charge in [0.15, 0.2) is 5.82 Å². The highest BCUT2D eigenvalue weighted by Gasteiger charge is 2.23. The Morgan fingerprint density at radius 2 is 2.15 bits per heavy atom. The molecule has 1 aliphatic rings. The molecular formula is C15H24ClN3O. The third kappa shape index (κ3) is 3.98. The van der Waals surface area contributed by atoms with E-state index in [1.54, 1.807) is 17.0 Å². The molecule has 1 fully saturated rings. The number of hydrogen-bond donors (Lipinski definition) is 1. The maximum Gasteiger partial charge on any atom is 0.293 e. The molecule has 4 nitrogen and oxygen atoms in total. The minimum atomic E-state index is -0.0469. The number of hydrogen-bond acceptors (Lipinski definition) is 3. The van der Waals surface area contributed by atoms with E-state index in [2.05, 4.69) is 24.1 Å². The van der Waals surface area contributed by atoms with Crippen molar-refractivity contribution in [1.82, 2.24) is 9.55 Å². The van der Waals surface area contributed by atoms with E-state index in [-0.39, 0.29) is 17.0 Å². The molecule has 2 atom stereocenters. The zero-order chi connectivity index (χ0) is 14.5. The van der Waals surface area contributed by atoms with Crippen molar-refractivity contribution in [1.29, 1.82) is 0 Å². The van der Waals surface area contributed by atoms with Crippen LogP contribution in [-0.4, -0.2) is 21.0 Å². The number of rotatable bonds is 4. The van der Waals surface area contributed by atoms with Crippen LogP contribution >= 0.6 is 11.6 Å². The lowest BCUT2D eigenvalue weighted by Crippen LogP contribution is -2.34. The molecule has 0 saturated heterocycles. The van der Waals surface area contributed by atoms with Crippen LogP contribution in [0.3, 0.4) is 0 Å². The van der Waals surface area contributed by atoms with Gasteiger partial charge in [-0.15, -0.1) is 11.6 Å². The molecule has 0 aliphatic heterocycles. The van der Waals surface area contributed by atoms with Crippen LogP contribution < -0.4 is 10.9 Å². The first-order valence-corrected chi connectivity index (χ1v) is 7.97. The van der Waals surface area contributed by atoms with Crippen molar-refractivity contribution in [3.05, 3.63) is 22.7 Å². The van der Waals surface area contributed by atoms with Crippen LogP contribution in [0.5, 0.6) is 0 Å². The second-order valence-electron chi connectivity index (χ2n) is 6.03. The van der Waals surface area contributed by atoms with E-state index in [0.29, 0.717) is 18.3 Å². The summed E-state index contributed by atoms with van der Waals surface area (Å²) in [6, 6.07) is 0.147. The molecule has 1 N–H and O–H groups in total. The van der Waals surface area contributed by atoms with Gasteiger partial charge in [-0.1, -0.05) is 33.1 Å². The fourth-order valence-corrected chi connectivity index (χ4v) is 3.03. The number of nitrogens with zero attached hydrogens (tertiary/aromatic N) is 2. The van der Waals surface area contributed by atoms with Crippen molar-refractivity contribution < 1.29 is 0 Å². The van der Waals surface area contributed by atoms with E-state index >= 15 is 0 Å². The van der Waals surface area contributed by atoms with Crippen LogP contribution in [0.15, 0.2) is 17.2 Å². The quantitative estimate of drug-likeness (QED) is 0.685. The van der Waals surface area contributed by atoms with Gasteiger partial charge >= 0.3 is 0 Å². The van der Waals surface area contributed by atoms with E-state index in [4.69, 9.17) is 11.6 Å². The minimum absolute atomic E-state index is 0.0469. The van der Waals surface area contributed by atoms with Gasteiger partial charge in [0.2, 0.25) is 0 Å². The van der Waals surface area contributed by atoms with Gasteiger partial charge in [-0.05, 0) is 18.8 Å². The molecule has 0 spiro atoms. The van der Waals surface area contributed by atoms with Gasteiger partial charge in [0.25, 0.3) is 5.56 Å². The molecule has 0 radical (unpaired) electrons. The average molecular weight is 298 g/mol. The van der Waals surface area contributed by atoms with Gasteiger partial charge in [-0.3, -0.25) is 4.79 Å². The molecular weight excluding hydrogens is 274 g/mol. The summed E-state index contributed by atoms with van der Waals surface area (Å²) in [5, 5.41) is 3.36. The largest absolute Gasteiger partial charge is 0.361 e. The molecule has 5 heteroatoms. The zero-order valence-corrected chi connectivity index (χ0v) is 13.1. The lowest BCUT2D eigenvalue weighted by molar-refractivity contribution is 0.508. The number of nitrogens with one attached hydrogen (secondary N) is 1. The molecule has 1 saturated carbocycles. The van der Waals surface area contributed by atoms with E-state index in [1.165, 1.54) is 12.8 Å². The second-order valence-corrected chi connectivity index (χ2v) is 6.59. The highest BCUT2D eigenvalue weighted by Crippen LogP contribution is 2.24. The predicted octanol–water partition coefficient (Wildman–Crippen LogP) is 3.25. The fourth-order valence-electron chi connectivity index (χ4n) is 2.68. The number of anilines is 1. The van der Waals surface area contributed by atoms with Crippen molar-refractivity contribution in [2.75, 3.05) is 5.32 Å². The molecule has 1 aromatic rings. The predicted molar refractivity (Wildman–Crippen MR) is 83.5 cm³/mol. The second kappa shape index (κ2) is 7.11. The number of halogens is 1. The zero-order valence-electron chi connectivity index (χ0n) is 12.3. The molecule has 1 heterocycles. The van der Waals surface area contributed by atoms with Crippen molar-refractivity contribution >= 4 is 17.4 Å². The first kappa shape index (κ1) is 15.4. The van der Waals surface area contributed by atoms with Crippen LogP contribution in [0.1, 0.15) is 46.0 Å². The van der Waals surface area contributed by atoms with Gasteiger partial charge in [-0.25, -0.2) is 4.98 Å². The molecule has 2 unspecified atom stereocenters. The monoisotopic (exact) mass is 297 g/mol. The molecule has 0 amide bonds. The van der Waals surface area contributed by atoms with Gasteiger partial charge < -0.3 is 9.88 Å². The van der Waals surface area contributed by atoms with Gasteiger partial charge in [-0.2, -0.15) is 0 Å². The average Bonchev–Trinajstić information content (AvgIpc) is 2.59. The normalized spacial score (nSPS) is 23.6. The molecule has 0 bridgehead atoms. The van der Waals surface area contributed by atoms with Crippen LogP contribution in [0.4, 0.5) is 5.82 Å². The van der Waals surface area contributed by atoms with E-state index < -0.39 is 0 Å². The molecule has 0 aromatic carbocycles. The van der Waals surface area contributed by atoms with Crippen LogP contribution in [0.2, 0.25) is 0 Å².